The Bertz CT molecular complexity index is 902. The smallest absolute Gasteiger partial charge is 0.222 e. The number of carbonyl (C=O) groups excluding carboxylic acids is 1. The van der Waals surface area contributed by atoms with Gasteiger partial charge in [0.2, 0.25) is 5.91 Å². The molecule has 4 nitrogen and oxygen atoms in total. The summed E-state index contributed by atoms with van der Waals surface area (Å²) >= 11 is 1.77. The summed E-state index contributed by atoms with van der Waals surface area (Å²) in [6.45, 7) is 4.28. The van der Waals surface area contributed by atoms with Crippen LogP contribution in [0.3, 0.4) is 0 Å². The second kappa shape index (κ2) is 8.74. The Hall–Kier alpha value is -2.40. The summed E-state index contributed by atoms with van der Waals surface area (Å²) in [5.41, 5.74) is 2.29. The highest BCUT2D eigenvalue weighted by atomic mass is 32.1. The highest BCUT2D eigenvalue weighted by Crippen LogP contribution is 2.33. The fourth-order valence-corrected chi connectivity index (χ4v) is 4.77. The number of piperidine rings is 1. The number of hydrogen-bond acceptors (Lipinski definition) is 4. The molecule has 3 aromatic rings. The zero-order chi connectivity index (χ0) is 19.3. The van der Waals surface area contributed by atoms with Crippen LogP contribution in [0.1, 0.15) is 42.2 Å². The fourth-order valence-electron chi connectivity index (χ4n) is 3.68. The van der Waals surface area contributed by atoms with E-state index < -0.39 is 0 Å². The van der Waals surface area contributed by atoms with Crippen LogP contribution in [0.2, 0.25) is 0 Å². The van der Waals surface area contributed by atoms with E-state index in [1.54, 1.807) is 11.3 Å². The quantitative estimate of drug-likeness (QED) is 0.542. The molecule has 28 heavy (non-hydrogen) atoms. The Balaban J connectivity index is 1.27. The van der Waals surface area contributed by atoms with E-state index in [-0.39, 0.29) is 5.91 Å². The summed E-state index contributed by atoms with van der Waals surface area (Å²) in [5.74, 6) is 1.46. The SMILES string of the molecule is Cc1ccc(OCCCC(=O)N2CCC[C@@H](c3nc4ccccc4s3)C2)cc1. The van der Waals surface area contributed by atoms with Gasteiger partial charge in [-0.1, -0.05) is 29.8 Å². The van der Waals surface area contributed by atoms with Crippen molar-refractivity contribution in [2.45, 2.75) is 38.5 Å². The van der Waals surface area contributed by atoms with Crippen LogP contribution >= 0.6 is 11.3 Å². The zero-order valence-electron chi connectivity index (χ0n) is 16.3. The number of aromatic nitrogens is 1. The van der Waals surface area contributed by atoms with Crippen molar-refractivity contribution in [3.05, 3.63) is 59.1 Å². The molecule has 1 fully saturated rings. The summed E-state index contributed by atoms with van der Waals surface area (Å²) in [7, 11) is 0. The van der Waals surface area contributed by atoms with Crippen LogP contribution in [0, 0.1) is 6.92 Å². The summed E-state index contributed by atoms with van der Waals surface area (Å²) in [6, 6.07) is 16.3. The van der Waals surface area contributed by atoms with Crippen LogP contribution in [0.15, 0.2) is 48.5 Å². The number of carbonyl (C=O) groups is 1. The fraction of sp³-hybridized carbons (Fsp3) is 0.391. The van der Waals surface area contributed by atoms with Gasteiger partial charge in [0.1, 0.15) is 5.75 Å². The lowest BCUT2D eigenvalue weighted by atomic mass is 9.98. The first-order valence-corrected chi connectivity index (χ1v) is 10.8. The number of fused-ring (bicyclic) bond motifs is 1. The zero-order valence-corrected chi connectivity index (χ0v) is 17.1. The molecule has 1 aliphatic rings. The van der Waals surface area contributed by atoms with Gasteiger partial charge in [-0.2, -0.15) is 0 Å². The summed E-state index contributed by atoms with van der Waals surface area (Å²) < 4.78 is 6.97. The van der Waals surface area contributed by atoms with E-state index >= 15 is 0 Å². The number of amides is 1. The predicted molar refractivity (Wildman–Crippen MR) is 114 cm³/mol. The number of thiazole rings is 1. The van der Waals surface area contributed by atoms with Crippen molar-refractivity contribution in [1.82, 2.24) is 9.88 Å². The van der Waals surface area contributed by atoms with E-state index in [1.165, 1.54) is 15.3 Å². The van der Waals surface area contributed by atoms with E-state index in [0.717, 1.165) is 43.6 Å². The number of para-hydroxylation sites is 1. The van der Waals surface area contributed by atoms with E-state index in [4.69, 9.17) is 9.72 Å². The van der Waals surface area contributed by atoms with Gasteiger partial charge in [-0.15, -0.1) is 11.3 Å². The first-order chi connectivity index (χ1) is 13.7. The monoisotopic (exact) mass is 394 g/mol. The maximum Gasteiger partial charge on any atom is 0.222 e. The molecule has 1 aromatic heterocycles. The van der Waals surface area contributed by atoms with Crippen molar-refractivity contribution in [3.63, 3.8) is 0 Å². The first-order valence-electron chi connectivity index (χ1n) is 10.0. The second-order valence-electron chi connectivity index (χ2n) is 7.46. The highest BCUT2D eigenvalue weighted by molar-refractivity contribution is 7.18. The van der Waals surface area contributed by atoms with Crippen LogP contribution < -0.4 is 4.74 Å². The minimum absolute atomic E-state index is 0.235. The summed E-state index contributed by atoms with van der Waals surface area (Å²) in [4.78, 5) is 19.5. The molecule has 1 aliphatic heterocycles. The largest absolute Gasteiger partial charge is 0.494 e. The minimum Gasteiger partial charge on any atom is -0.494 e. The topological polar surface area (TPSA) is 42.4 Å². The van der Waals surface area contributed by atoms with E-state index in [2.05, 4.69) is 25.1 Å². The number of ether oxygens (including phenoxy) is 1. The molecule has 1 saturated heterocycles. The molecule has 1 amide bonds. The number of nitrogens with zero attached hydrogens (tertiary/aromatic N) is 2. The van der Waals surface area contributed by atoms with Crippen molar-refractivity contribution < 1.29 is 9.53 Å². The molecule has 2 aromatic carbocycles. The lowest BCUT2D eigenvalue weighted by molar-refractivity contribution is -0.132. The van der Waals surface area contributed by atoms with Gasteiger partial charge in [0.25, 0.3) is 0 Å². The Labute approximate surface area is 170 Å². The highest BCUT2D eigenvalue weighted by Gasteiger charge is 2.26. The number of aryl methyl sites for hydroxylation is 1. The van der Waals surface area contributed by atoms with Crippen molar-refractivity contribution in [3.8, 4) is 5.75 Å². The van der Waals surface area contributed by atoms with Gasteiger partial charge in [0.15, 0.2) is 0 Å². The number of rotatable bonds is 6. The third-order valence-corrected chi connectivity index (χ3v) is 6.46. The number of hydrogen-bond donors (Lipinski definition) is 0. The molecule has 0 unspecified atom stereocenters. The number of likely N-dealkylation sites (tertiary alicyclic amines) is 1. The maximum atomic E-state index is 12.7. The summed E-state index contributed by atoms with van der Waals surface area (Å²) in [6.07, 6.45) is 3.44. The van der Waals surface area contributed by atoms with Crippen LogP contribution in [0.25, 0.3) is 10.2 Å². The Morgan fingerprint density at radius 2 is 2.04 bits per heavy atom. The average Bonchev–Trinajstić information content (AvgIpc) is 3.17. The Morgan fingerprint density at radius 1 is 1.21 bits per heavy atom. The van der Waals surface area contributed by atoms with Crippen molar-refractivity contribution >= 4 is 27.5 Å². The molecular formula is C23H26N2O2S. The van der Waals surface area contributed by atoms with Crippen molar-refractivity contribution in [2.24, 2.45) is 0 Å². The third-order valence-electron chi connectivity index (χ3n) is 5.26. The predicted octanol–water partition coefficient (Wildman–Crippen LogP) is 5.17. The number of benzene rings is 2. The van der Waals surface area contributed by atoms with Gasteiger partial charge >= 0.3 is 0 Å². The van der Waals surface area contributed by atoms with Gasteiger partial charge in [-0.3, -0.25) is 4.79 Å². The van der Waals surface area contributed by atoms with Crippen LogP contribution in [0.4, 0.5) is 0 Å². The van der Waals surface area contributed by atoms with E-state index in [9.17, 15) is 4.79 Å². The van der Waals surface area contributed by atoms with Crippen LogP contribution in [-0.4, -0.2) is 35.5 Å². The molecule has 1 atom stereocenters. The van der Waals surface area contributed by atoms with Crippen LogP contribution in [0.5, 0.6) is 5.75 Å². The summed E-state index contributed by atoms with van der Waals surface area (Å²) in [5, 5.41) is 1.17. The Morgan fingerprint density at radius 3 is 2.86 bits per heavy atom. The van der Waals surface area contributed by atoms with Gasteiger partial charge in [0, 0.05) is 25.4 Å². The lowest BCUT2D eigenvalue weighted by Gasteiger charge is -2.32. The minimum atomic E-state index is 0.235. The molecule has 2 heterocycles. The standard InChI is InChI=1S/C23H26N2O2S/c1-17-10-12-19(13-11-17)27-15-5-9-22(26)25-14-4-6-18(16-25)23-24-20-7-2-3-8-21(20)28-23/h2-3,7-8,10-13,18H,4-6,9,14-16H2,1H3/t18-/m1/s1. The molecule has 0 saturated carbocycles. The second-order valence-corrected chi connectivity index (χ2v) is 8.53. The molecule has 146 valence electrons. The lowest BCUT2D eigenvalue weighted by Crippen LogP contribution is -2.39. The van der Waals surface area contributed by atoms with Crippen molar-refractivity contribution in [2.75, 3.05) is 19.7 Å². The molecule has 0 bridgehead atoms. The first kappa shape index (κ1) is 18.9. The molecule has 0 aliphatic carbocycles. The average molecular weight is 395 g/mol. The molecular weight excluding hydrogens is 368 g/mol. The molecule has 0 spiro atoms. The molecule has 4 rings (SSSR count). The Kier molecular flexibility index (Phi) is 5.91. The molecule has 5 heteroatoms. The normalized spacial score (nSPS) is 17.0. The van der Waals surface area contributed by atoms with Gasteiger partial charge in [-0.05, 0) is 50.5 Å². The third kappa shape index (κ3) is 4.53. The molecule has 0 N–H and O–H groups in total. The van der Waals surface area contributed by atoms with Crippen LogP contribution in [-0.2, 0) is 4.79 Å². The van der Waals surface area contributed by atoms with Gasteiger partial charge in [-0.25, -0.2) is 4.98 Å². The van der Waals surface area contributed by atoms with Gasteiger partial charge < -0.3 is 9.64 Å². The van der Waals surface area contributed by atoms with E-state index in [1.807, 2.05) is 35.2 Å². The van der Waals surface area contributed by atoms with Crippen molar-refractivity contribution in [1.29, 1.82) is 0 Å². The molecule has 0 radical (unpaired) electrons. The van der Waals surface area contributed by atoms with E-state index in [0.29, 0.717) is 18.9 Å². The maximum absolute atomic E-state index is 12.7. The van der Waals surface area contributed by atoms with Gasteiger partial charge in [0.05, 0.1) is 21.8 Å².